The van der Waals surface area contributed by atoms with Crippen LogP contribution in [-0.4, -0.2) is 22.2 Å². The number of halogens is 1. The molecule has 0 fully saturated rings. The zero-order valence-electron chi connectivity index (χ0n) is 19.7. The van der Waals surface area contributed by atoms with Crippen molar-refractivity contribution in [1.82, 2.24) is 15.1 Å². The molecular formula is C25H46ClN3O. The van der Waals surface area contributed by atoms with Crippen LogP contribution in [0.3, 0.4) is 0 Å². The molecular weight excluding hydrogens is 394 g/mol. The molecule has 1 aromatic rings. The van der Waals surface area contributed by atoms with Crippen LogP contribution in [0, 0.1) is 6.92 Å². The van der Waals surface area contributed by atoms with Crippen molar-refractivity contribution in [3.8, 4) is 0 Å². The molecule has 5 heteroatoms. The van der Waals surface area contributed by atoms with E-state index in [0.29, 0.717) is 18.0 Å². The summed E-state index contributed by atoms with van der Waals surface area (Å²) in [5.74, 6) is 0.0974. The molecule has 0 saturated carbocycles. The number of hydrogen-bond donors (Lipinski definition) is 1. The van der Waals surface area contributed by atoms with Crippen LogP contribution in [0.1, 0.15) is 122 Å². The minimum Gasteiger partial charge on any atom is -0.356 e. The molecule has 1 rings (SSSR count). The van der Waals surface area contributed by atoms with Gasteiger partial charge in [-0.3, -0.25) is 9.48 Å². The van der Waals surface area contributed by atoms with E-state index in [1.165, 1.54) is 96.3 Å². The van der Waals surface area contributed by atoms with Gasteiger partial charge < -0.3 is 5.32 Å². The van der Waals surface area contributed by atoms with Gasteiger partial charge in [0.05, 0.1) is 10.7 Å². The van der Waals surface area contributed by atoms with Crippen molar-refractivity contribution in [3.63, 3.8) is 0 Å². The lowest BCUT2D eigenvalue weighted by Crippen LogP contribution is -2.25. The molecule has 1 N–H and O–H groups in total. The van der Waals surface area contributed by atoms with Crippen molar-refractivity contribution in [2.24, 2.45) is 0 Å². The predicted molar refractivity (Wildman–Crippen MR) is 129 cm³/mol. The van der Waals surface area contributed by atoms with Crippen molar-refractivity contribution < 1.29 is 4.79 Å². The lowest BCUT2D eigenvalue weighted by molar-refractivity contribution is -0.121. The van der Waals surface area contributed by atoms with Crippen LogP contribution in [-0.2, 0) is 11.3 Å². The highest BCUT2D eigenvalue weighted by molar-refractivity contribution is 6.31. The number of aromatic nitrogens is 2. The van der Waals surface area contributed by atoms with E-state index in [9.17, 15) is 4.79 Å². The largest absolute Gasteiger partial charge is 0.356 e. The van der Waals surface area contributed by atoms with Crippen LogP contribution in [0.2, 0.25) is 5.02 Å². The van der Waals surface area contributed by atoms with Crippen molar-refractivity contribution in [2.45, 2.75) is 130 Å². The Labute approximate surface area is 190 Å². The normalized spacial score (nSPS) is 11.2. The average Bonchev–Trinajstić information content (AvgIpc) is 3.06. The lowest BCUT2D eigenvalue weighted by Gasteiger charge is -2.06. The predicted octanol–water partition coefficient (Wildman–Crippen LogP) is 7.61. The van der Waals surface area contributed by atoms with Gasteiger partial charge in [-0.05, 0) is 13.3 Å². The highest BCUT2D eigenvalue weighted by atomic mass is 35.5. The van der Waals surface area contributed by atoms with E-state index in [2.05, 4.69) is 17.3 Å². The Bertz CT molecular complexity index is 525. The van der Waals surface area contributed by atoms with Gasteiger partial charge >= 0.3 is 0 Å². The van der Waals surface area contributed by atoms with Crippen LogP contribution >= 0.6 is 11.6 Å². The second-order valence-corrected chi connectivity index (χ2v) is 9.14. The molecule has 0 aromatic carbocycles. The molecule has 1 amide bonds. The number of unbranched alkanes of at least 4 members (excludes halogenated alkanes) is 15. The summed E-state index contributed by atoms with van der Waals surface area (Å²) >= 11 is 5.98. The minimum absolute atomic E-state index is 0.0974. The quantitative estimate of drug-likeness (QED) is 0.212. The SMILES string of the molecule is CCCCCCCCCCCCCCCCCCNC(=O)CCn1cc(Cl)c(C)n1. The maximum atomic E-state index is 11.9. The van der Waals surface area contributed by atoms with E-state index in [1.54, 1.807) is 10.9 Å². The second kappa shape index (κ2) is 18.7. The maximum absolute atomic E-state index is 11.9. The van der Waals surface area contributed by atoms with Gasteiger partial charge in [0.15, 0.2) is 0 Å². The van der Waals surface area contributed by atoms with Gasteiger partial charge in [0.1, 0.15) is 0 Å². The van der Waals surface area contributed by atoms with E-state index in [4.69, 9.17) is 11.6 Å². The Morgan fingerprint density at radius 1 is 0.867 bits per heavy atom. The van der Waals surface area contributed by atoms with Gasteiger partial charge in [0.2, 0.25) is 5.91 Å². The summed E-state index contributed by atoms with van der Waals surface area (Å²) in [4.78, 5) is 11.9. The van der Waals surface area contributed by atoms with Crippen molar-refractivity contribution in [3.05, 3.63) is 16.9 Å². The molecule has 0 atom stereocenters. The number of amides is 1. The van der Waals surface area contributed by atoms with Crippen molar-refractivity contribution in [2.75, 3.05) is 6.54 Å². The first-order valence-electron chi connectivity index (χ1n) is 12.6. The summed E-state index contributed by atoms with van der Waals surface area (Å²) in [6, 6.07) is 0. The zero-order chi connectivity index (χ0) is 21.9. The van der Waals surface area contributed by atoms with Crippen LogP contribution in [0.4, 0.5) is 0 Å². The van der Waals surface area contributed by atoms with E-state index >= 15 is 0 Å². The number of carbonyl (C=O) groups excluding carboxylic acids is 1. The molecule has 174 valence electrons. The van der Waals surface area contributed by atoms with Crippen LogP contribution in [0.5, 0.6) is 0 Å². The maximum Gasteiger partial charge on any atom is 0.221 e. The summed E-state index contributed by atoms with van der Waals surface area (Å²) in [6.07, 6.45) is 24.1. The van der Waals surface area contributed by atoms with Crippen LogP contribution in [0.25, 0.3) is 0 Å². The molecule has 0 spiro atoms. The second-order valence-electron chi connectivity index (χ2n) is 8.73. The van der Waals surface area contributed by atoms with Gasteiger partial charge in [-0.1, -0.05) is 115 Å². The fourth-order valence-corrected chi connectivity index (χ4v) is 3.96. The summed E-state index contributed by atoms with van der Waals surface area (Å²) in [6.45, 7) is 5.52. The van der Waals surface area contributed by atoms with E-state index in [0.717, 1.165) is 18.7 Å². The summed E-state index contributed by atoms with van der Waals surface area (Å²) in [5, 5.41) is 7.94. The molecule has 0 bridgehead atoms. The highest BCUT2D eigenvalue weighted by Crippen LogP contribution is 2.14. The fraction of sp³-hybridized carbons (Fsp3) is 0.840. The third kappa shape index (κ3) is 14.9. The summed E-state index contributed by atoms with van der Waals surface area (Å²) in [7, 11) is 0. The summed E-state index contributed by atoms with van der Waals surface area (Å²) in [5.41, 5.74) is 0.810. The fourth-order valence-electron chi connectivity index (χ4n) is 3.81. The summed E-state index contributed by atoms with van der Waals surface area (Å²) < 4.78 is 1.74. The number of aryl methyl sites for hydroxylation is 2. The standard InChI is InChI=1S/C25H46ClN3O/c1-3-4-5-6-7-8-9-10-11-12-13-14-15-16-17-18-20-27-25(30)19-21-29-22-24(26)23(2)28-29/h22H,3-21H2,1-2H3,(H,27,30). The number of carbonyl (C=O) groups is 1. The Morgan fingerprint density at radius 3 is 1.77 bits per heavy atom. The van der Waals surface area contributed by atoms with Gasteiger partial charge in [-0.15, -0.1) is 0 Å². The van der Waals surface area contributed by atoms with Gasteiger partial charge in [-0.25, -0.2) is 0 Å². The van der Waals surface area contributed by atoms with Gasteiger partial charge in [0, 0.05) is 25.7 Å². The van der Waals surface area contributed by atoms with E-state index in [-0.39, 0.29) is 5.91 Å². The Hall–Kier alpha value is -1.03. The number of rotatable bonds is 20. The zero-order valence-corrected chi connectivity index (χ0v) is 20.4. The molecule has 0 aliphatic heterocycles. The van der Waals surface area contributed by atoms with Crippen molar-refractivity contribution >= 4 is 17.5 Å². The highest BCUT2D eigenvalue weighted by Gasteiger charge is 2.05. The molecule has 0 radical (unpaired) electrons. The smallest absolute Gasteiger partial charge is 0.221 e. The first-order valence-corrected chi connectivity index (χ1v) is 13.0. The molecule has 1 aromatic heterocycles. The lowest BCUT2D eigenvalue weighted by atomic mass is 10.0. The molecule has 0 saturated heterocycles. The molecule has 0 aliphatic carbocycles. The molecule has 0 aliphatic rings. The topological polar surface area (TPSA) is 46.9 Å². The molecule has 4 nitrogen and oxygen atoms in total. The third-order valence-electron chi connectivity index (χ3n) is 5.81. The number of nitrogens with zero attached hydrogens (tertiary/aromatic N) is 2. The molecule has 0 unspecified atom stereocenters. The van der Waals surface area contributed by atoms with Crippen LogP contribution < -0.4 is 5.32 Å². The Morgan fingerprint density at radius 2 is 1.33 bits per heavy atom. The minimum atomic E-state index is 0.0974. The van der Waals surface area contributed by atoms with Gasteiger partial charge in [-0.2, -0.15) is 5.10 Å². The number of nitrogens with one attached hydrogen (secondary N) is 1. The monoisotopic (exact) mass is 439 g/mol. The number of hydrogen-bond acceptors (Lipinski definition) is 2. The van der Waals surface area contributed by atoms with Gasteiger partial charge in [0.25, 0.3) is 0 Å². The van der Waals surface area contributed by atoms with Crippen LogP contribution in [0.15, 0.2) is 6.20 Å². The molecule has 1 heterocycles. The first kappa shape index (κ1) is 27.0. The van der Waals surface area contributed by atoms with Crippen molar-refractivity contribution in [1.29, 1.82) is 0 Å². The van der Waals surface area contributed by atoms with E-state index in [1.807, 2.05) is 6.92 Å². The van der Waals surface area contributed by atoms with E-state index < -0.39 is 0 Å². The molecule has 30 heavy (non-hydrogen) atoms. The Kier molecular flexibility index (Phi) is 16.8. The first-order chi connectivity index (χ1) is 14.6. The Balaban J connectivity index is 1.77. The average molecular weight is 440 g/mol. The third-order valence-corrected chi connectivity index (χ3v) is 6.18.